The molecule has 0 bridgehead atoms. The second-order valence-corrected chi connectivity index (χ2v) is 6.75. The standard InChI is InChI=1S/C16H30N2O3/c1-12(2)16(3,21)11-18-15(20)10-17-14(19)9-8-13-6-4-5-7-13/h12-13,21H,4-11H2,1-3H3,(H,17,19)(H,18,20). The first-order chi connectivity index (χ1) is 9.81. The van der Waals surface area contributed by atoms with E-state index in [-0.39, 0.29) is 30.8 Å². The van der Waals surface area contributed by atoms with E-state index in [0.29, 0.717) is 12.3 Å². The van der Waals surface area contributed by atoms with Gasteiger partial charge in [0.05, 0.1) is 12.1 Å². The molecule has 0 aromatic heterocycles. The number of carbonyl (C=O) groups excluding carboxylic acids is 2. The average Bonchev–Trinajstić information content (AvgIpc) is 2.93. The van der Waals surface area contributed by atoms with Crippen molar-refractivity contribution in [1.29, 1.82) is 0 Å². The average molecular weight is 298 g/mol. The fourth-order valence-electron chi connectivity index (χ4n) is 2.45. The molecule has 1 atom stereocenters. The molecule has 0 heterocycles. The molecule has 0 aromatic rings. The van der Waals surface area contributed by atoms with Crippen molar-refractivity contribution in [1.82, 2.24) is 10.6 Å². The number of aliphatic hydroxyl groups is 1. The SMILES string of the molecule is CC(C)C(C)(O)CNC(=O)CNC(=O)CCC1CCCC1. The molecule has 3 N–H and O–H groups in total. The molecular formula is C16H30N2O3. The monoisotopic (exact) mass is 298 g/mol. The van der Waals surface area contributed by atoms with E-state index in [2.05, 4.69) is 10.6 Å². The number of carbonyl (C=O) groups is 2. The van der Waals surface area contributed by atoms with Crippen molar-refractivity contribution in [2.24, 2.45) is 11.8 Å². The van der Waals surface area contributed by atoms with Crippen LogP contribution in [0.3, 0.4) is 0 Å². The summed E-state index contributed by atoms with van der Waals surface area (Å²) in [7, 11) is 0. The van der Waals surface area contributed by atoms with Crippen LogP contribution in [0.25, 0.3) is 0 Å². The highest BCUT2D eigenvalue weighted by Crippen LogP contribution is 2.28. The maximum Gasteiger partial charge on any atom is 0.239 e. The number of hydrogen-bond donors (Lipinski definition) is 3. The summed E-state index contributed by atoms with van der Waals surface area (Å²) in [6, 6.07) is 0. The predicted octanol–water partition coefficient (Wildman–Crippen LogP) is 1.60. The first-order valence-electron chi connectivity index (χ1n) is 8.07. The molecular weight excluding hydrogens is 268 g/mol. The van der Waals surface area contributed by atoms with E-state index < -0.39 is 5.60 Å². The van der Waals surface area contributed by atoms with Crippen LogP contribution in [0.5, 0.6) is 0 Å². The van der Waals surface area contributed by atoms with E-state index in [1.165, 1.54) is 25.7 Å². The van der Waals surface area contributed by atoms with Crippen LogP contribution in [0, 0.1) is 11.8 Å². The summed E-state index contributed by atoms with van der Waals surface area (Å²) >= 11 is 0. The van der Waals surface area contributed by atoms with Gasteiger partial charge in [0, 0.05) is 13.0 Å². The van der Waals surface area contributed by atoms with Crippen LogP contribution in [0.15, 0.2) is 0 Å². The summed E-state index contributed by atoms with van der Waals surface area (Å²) in [5.74, 6) is 0.419. The van der Waals surface area contributed by atoms with E-state index in [1.54, 1.807) is 6.92 Å². The molecule has 5 heteroatoms. The minimum Gasteiger partial charge on any atom is -0.388 e. The smallest absolute Gasteiger partial charge is 0.239 e. The third-order valence-electron chi connectivity index (χ3n) is 4.59. The molecule has 0 aromatic carbocycles. The Kier molecular flexibility index (Phi) is 7.15. The lowest BCUT2D eigenvalue weighted by molar-refractivity contribution is -0.127. The lowest BCUT2D eigenvalue weighted by Crippen LogP contribution is -2.47. The molecule has 122 valence electrons. The summed E-state index contributed by atoms with van der Waals surface area (Å²) < 4.78 is 0. The molecule has 5 nitrogen and oxygen atoms in total. The predicted molar refractivity (Wildman–Crippen MR) is 82.7 cm³/mol. The molecule has 1 fully saturated rings. The minimum atomic E-state index is -0.928. The fraction of sp³-hybridized carbons (Fsp3) is 0.875. The third kappa shape index (κ3) is 6.93. The van der Waals surface area contributed by atoms with Crippen molar-refractivity contribution >= 4 is 11.8 Å². The number of hydrogen-bond acceptors (Lipinski definition) is 3. The fourth-order valence-corrected chi connectivity index (χ4v) is 2.45. The van der Waals surface area contributed by atoms with E-state index in [1.807, 2.05) is 13.8 Å². The van der Waals surface area contributed by atoms with E-state index in [0.717, 1.165) is 6.42 Å². The van der Waals surface area contributed by atoms with Gasteiger partial charge in [-0.3, -0.25) is 9.59 Å². The molecule has 1 saturated carbocycles. The molecule has 2 amide bonds. The Morgan fingerprint density at radius 2 is 1.81 bits per heavy atom. The molecule has 1 unspecified atom stereocenters. The molecule has 0 aliphatic heterocycles. The van der Waals surface area contributed by atoms with Gasteiger partial charge in [0.15, 0.2) is 0 Å². The van der Waals surface area contributed by atoms with Crippen molar-refractivity contribution in [2.45, 2.75) is 64.9 Å². The molecule has 1 aliphatic rings. The van der Waals surface area contributed by atoms with Crippen molar-refractivity contribution in [3.8, 4) is 0 Å². The Bertz CT molecular complexity index is 347. The third-order valence-corrected chi connectivity index (χ3v) is 4.59. The van der Waals surface area contributed by atoms with Gasteiger partial charge >= 0.3 is 0 Å². The van der Waals surface area contributed by atoms with Gasteiger partial charge in [-0.25, -0.2) is 0 Å². The second kappa shape index (κ2) is 8.37. The second-order valence-electron chi connectivity index (χ2n) is 6.75. The van der Waals surface area contributed by atoms with Crippen LogP contribution < -0.4 is 10.6 Å². The Hall–Kier alpha value is -1.10. The van der Waals surface area contributed by atoms with Gasteiger partial charge in [-0.05, 0) is 25.2 Å². The van der Waals surface area contributed by atoms with Crippen LogP contribution in [0.4, 0.5) is 0 Å². The van der Waals surface area contributed by atoms with Gasteiger partial charge in [0.25, 0.3) is 0 Å². The summed E-state index contributed by atoms with van der Waals surface area (Å²) in [6.07, 6.45) is 6.46. The quantitative estimate of drug-likeness (QED) is 0.637. The Morgan fingerprint density at radius 1 is 1.19 bits per heavy atom. The van der Waals surface area contributed by atoms with Crippen molar-refractivity contribution in [3.05, 3.63) is 0 Å². The largest absolute Gasteiger partial charge is 0.388 e. The Balaban J connectivity index is 2.12. The number of amides is 2. The maximum atomic E-state index is 11.7. The zero-order chi connectivity index (χ0) is 15.9. The maximum absolute atomic E-state index is 11.7. The zero-order valence-corrected chi connectivity index (χ0v) is 13.6. The highest BCUT2D eigenvalue weighted by molar-refractivity contribution is 5.84. The molecule has 1 aliphatic carbocycles. The molecule has 0 spiro atoms. The van der Waals surface area contributed by atoms with E-state index >= 15 is 0 Å². The van der Waals surface area contributed by atoms with Gasteiger partial charge in [0.1, 0.15) is 0 Å². The van der Waals surface area contributed by atoms with Crippen LogP contribution in [-0.4, -0.2) is 35.6 Å². The Labute approximate surface area is 127 Å². The topological polar surface area (TPSA) is 78.4 Å². The summed E-state index contributed by atoms with van der Waals surface area (Å²) in [6.45, 7) is 5.67. The first-order valence-corrected chi connectivity index (χ1v) is 8.07. The van der Waals surface area contributed by atoms with E-state index in [4.69, 9.17) is 0 Å². The normalized spacial score (nSPS) is 18.5. The molecule has 0 radical (unpaired) electrons. The van der Waals surface area contributed by atoms with Gasteiger partial charge in [-0.2, -0.15) is 0 Å². The molecule has 0 saturated heterocycles. The summed E-state index contributed by atoms with van der Waals surface area (Å²) in [5, 5.41) is 15.3. The molecule has 1 rings (SSSR count). The van der Waals surface area contributed by atoms with Crippen LogP contribution >= 0.6 is 0 Å². The highest BCUT2D eigenvalue weighted by atomic mass is 16.3. The minimum absolute atomic E-state index is 0.0162. The van der Waals surface area contributed by atoms with Gasteiger partial charge in [0.2, 0.25) is 11.8 Å². The lowest BCUT2D eigenvalue weighted by atomic mass is 9.92. The molecule has 21 heavy (non-hydrogen) atoms. The van der Waals surface area contributed by atoms with Gasteiger partial charge in [-0.1, -0.05) is 39.5 Å². The van der Waals surface area contributed by atoms with Crippen molar-refractivity contribution < 1.29 is 14.7 Å². The highest BCUT2D eigenvalue weighted by Gasteiger charge is 2.25. The summed E-state index contributed by atoms with van der Waals surface area (Å²) in [5.41, 5.74) is -0.928. The van der Waals surface area contributed by atoms with Crippen molar-refractivity contribution in [2.75, 3.05) is 13.1 Å². The van der Waals surface area contributed by atoms with Crippen LogP contribution in [0.2, 0.25) is 0 Å². The van der Waals surface area contributed by atoms with E-state index in [9.17, 15) is 14.7 Å². The Morgan fingerprint density at radius 3 is 2.38 bits per heavy atom. The van der Waals surface area contributed by atoms with Gasteiger partial charge in [-0.15, -0.1) is 0 Å². The van der Waals surface area contributed by atoms with Gasteiger partial charge < -0.3 is 15.7 Å². The van der Waals surface area contributed by atoms with Crippen LogP contribution in [0.1, 0.15) is 59.3 Å². The first kappa shape index (κ1) is 18.0. The lowest BCUT2D eigenvalue weighted by Gasteiger charge is -2.27. The zero-order valence-electron chi connectivity index (χ0n) is 13.6. The van der Waals surface area contributed by atoms with Crippen molar-refractivity contribution in [3.63, 3.8) is 0 Å². The number of nitrogens with one attached hydrogen (secondary N) is 2. The summed E-state index contributed by atoms with van der Waals surface area (Å²) in [4.78, 5) is 23.3. The number of rotatable bonds is 8. The van der Waals surface area contributed by atoms with Crippen LogP contribution in [-0.2, 0) is 9.59 Å².